The second-order valence-corrected chi connectivity index (χ2v) is 2.03. The van der Waals surface area contributed by atoms with Crippen molar-refractivity contribution in [2.24, 2.45) is 0 Å². The number of anilines is 1. The third-order valence-electron chi connectivity index (χ3n) is 1.20. The molecule has 0 saturated heterocycles. The number of hydrogen-bond donors (Lipinski definition) is 0. The summed E-state index contributed by atoms with van der Waals surface area (Å²) < 4.78 is 0. The van der Waals surface area contributed by atoms with Gasteiger partial charge in [-0.05, 0) is 19.2 Å². The molecule has 1 rings (SSSR count). The molecule has 0 aliphatic carbocycles. The van der Waals surface area contributed by atoms with E-state index in [0.29, 0.717) is 0 Å². The standard InChI is InChI=1S/C8H10N.H2N.Y/c1-9(2)8-6-4-3-5-7-8;;/h3-7H,1H2,2H3;1H2;/q2*-1;. The maximum absolute atomic E-state index is 3.74. The van der Waals surface area contributed by atoms with E-state index >= 15 is 0 Å². The molecule has 0 unspecified atom stereocenters. The van der Waals surface area contributed by atoms with Crippen molar-refractivity contribution >= 4 is 5.69 Å². The van der Waals surface area contributed by atoms with E-state index in [-0.39, 0.29) is 38.9 Å². The smallest absolute Gasteiger partial charge is 0.00664 e. The van der Waals surface area contributed by atoms with Gasteiger partial charge in [-0.2, -0.15) is 0 Å². The van der Waals surface area contributed by atoms with Gasteiger partial charge in [0.1, 0.15) is 0 Å². The Balaban J connectivity index is 0. The van der Waals surface area contributed by atoms with Gasteiger partial charge < -0.3 is 11.1 Å². The van der Waals surface area contributed by atoms with Crippen LogP contribution in [-0.2, 0) is 32.7 Å². The van der Waals surface area contributed by atoms with Gasteiger partial charge in [-0.3, -0.25) is 7.05 Å². The first-order valence-electron chi connectivity index (χ1n) is 2.90. The molecule has 0 amide bonds. The quantitative estimate of drug-likeness (QED) is 0.677. The van der Waals surface area contributed by atoms with Crippen LogP contribution in [0.15, 0.2) is 30.3 Å². The predicted molar refractivity (Wildman–Crippen MR) is 45.5 cm³/mol. The fraction of sp³-hybridized carbons (Fsp3) is 0.125. The molecule has 0 fully saturated rings. The normalized spacial score (nSPS) is 7.45. The average molecular weight is 225 g/mol. The van der Waals surface area contributed by atoms with Crippen LogP contribution in [0.4, 0.5) is 5.69 Å². The molecule has 2 N–H and O–H groups in total. The monoisotopic (exact) mass is 225 g/mol. The van der Waals surface area contributed by atoms with Crippen molar-refractivity contribution in [2.75, 3.05) is 11.9 Å². The molecule has 0 aliphatic rings. The minimum atomic E-state index is 0. The van der Waals surface area contributed by atoms with Gasteiger partial charge in [0, 0.05) is 38.4 Å². The summed E-state index contributed by atoms with van der Waals surface area (Å²) in [5.41, 5.74) is 1.14. The van der Waals surface area contributed by atoms with Gasteiger partial charge >= 0.3 is 0 Å². The van der Waals surface area contributed by atoms with E-state index in [1.165, 1.54) is 0 Å². The van der Waals surface area contributed by atoms with Crippen LogP contribution in [0.2, 0.25) is 0 Å². The number of rotatable bonds is 1. The van der Waals surface area contributed by atoms with E-state index in [1.807, 2.05) is 42.3 Å². The van der Waals surface area contributed by atoms with Crippen LogP contribution >= 0.6 is 0 Å². The summed E-state index contributed by atoms with van der Waals surface area (Å²) in [7, 11) is 5.67. The minimum Gasteiger partial charge on any atom is -0.693 e. The van der Waals surface area contributed by atoms with E-state index in [9.17, 15) is 0 Å². The molecule has 3 heteroatoms. The van der Waals surface area contributed by atoms with E-state index < -0.39 is 0 Å². The first-order chi connectivity index (χ1) is 4.30. The number of hydrogen-bond acceptors (Lipinski definition) is 1. The molecule has 0 spiro atoms. The molecule has 1 aromatic carbocycles. The van der Waals surface area contributed by atoms with Crippen molar-refractivity contribution < 1.29 is 32.7 Å². The molecule has 0 saturated carbocycles. The molecule has 59 valence electrons. The zero-order valence-electron chi connectivity index (χ0n) is 6.70. The van der Waals surface area contributed by atoms with E-state index in [4.69, 9.17) is 0 Å². The Morgan fingerprint density at radius 3 is 1.91 bits per heavy atom. The average Bonchev–Trinajstić information content (AvgIpc) is 1.90. The molecule has 2 nitrogen and oxygen atoms in total. The van der Waals surface area contributed by atoms with E-state index in [2.05, 4.69) is 7.05 Å². The maximum atomic E-state index is 3.74. The first-order valence-corrected chi connectivity index (χ1v) is 2.90. The predicted octanol–water partition coefficient (Wildman–Crippen LogP) is 2.63. The van der Waals surface area contributed by atoms with Gasteiger partial charge in [0.05, 0.1) is 0 Å². The van der Waals surface area contributed by atoms with E-state index in [0.717, 1.165) is 5.69 Å². The largest absolute Gasteiger partial charge is 0.693 e. The van der Waals surface area contributed by atoms with Crippen LogP contribution in [0.5, 0.6) is 0 Å². The Morgan fingerprint density at radius 2 is 1.64 bits per heavy atom. The van der Waals surface area contributed by atoms with Gasteiger partial charge in [0.2, 0.25) is 0 Å². The Labute approximate surface area is 93.4 Å². The van der Waals surface area contributed by atoms with Crippen molar-refractivity contribution in [1.82, 2.24) is 0 Å². The van der Waals surface area contributed by atoms with Crippen LogP contribution in [-0.4, -0.2) is 7.05 Å². The Kier molecular flexibility index (Phi) is 8.41. The van der Waals surface area contributed by atoms with Gasteiger partial charge in [0.15, 0.2) is 0 Å². The minimum absolute atomic E-state index is 0. The fourth-order valence-electron chi connectivity index (χ4n) is 0.682. The van der Waals surface area contributed by atoms with Crippen LogP contribution in [0.1, 0.15) is 0 Å². The van der Waals surface area contributed by atoms with Gasteiger partial charge in [-0.15, -0.1) is 0 Å². The summed E-state index contributed by atoms with van der Waals surface area (Å²) in [5, 5.41) is 0. The number of benzene rings is 1. The van der Waals surface area contributed by atoms with Crippen molar-refractivity contribution in [3.05, 3.63) is 43.5 Å². The summed E-state index contributed by atoms with van der Waals surface area (Å²) in [4.78, 5) is 1.83. The number of nitrogens with zero attached hydrogens (tertiary/aromatic N) is 1. The summed E-state index contributed by atoms with van der Waals surface area (Å²) in [6.07, 6.45) is 0. The Bertz CT molecular complexity index is 175. The van der Waals surface area contributed by atoms with Crippen LogP contribution in [0.3, 0.4) is 0 Å². The molecule has 11 heavy (non-hydrogen) atoms. The molecular weight excluding hydrogens is 213 g/mol. The third kappa shape index (κ3) is 4.51. The summed E-state index contributed by atoms with van der Waals surface area (Å²) in [6, 6.07) is 10.0. The van der Waals surface area contributed by atoms with Crippen molar-refractivity contribution in [3.8, 4) is 0 Å². The first kappa shape index (κ1) is 13.7. The molecule has 1 aromatic rings. The van der Waals surface area contributed by atoms with Crippen LogP contribution in [0, 0.1) is 7.05 Å². The van der Waals surface area contributed by atoms with E-state index in [1.54, 1.807) is 0 Å². The SMILES string of the molecule is [CH2-]N(C)c1ccccc1.[NH2-].[Y]. The molecule has 1 radical (unpaired) electrons. The topological polar surface area (TPSA) is 36.7 Å². The van der Waals surface area contributed by atoms with Gasteiger partial charge in [-0.25, -0.2) is 0 Å². The number of nitrogens with two attached hydrogens (primary N) is 1. The Hall–Kier alpha value is 0.0839. The third-order valence-corrected chi connectivity index (χ3v) is 1.20. The molecule has 0 bridgehead atoms. The molecule has 0 atom stereocenters. The Morgan fingerprint density at radius 1 is 1.18 bits per heavy atom. The van der Waals surface area contributed by atoms with Crippen LogP contribution in [0.25, 0.3) is 6.15 Å². The molecule has 0 aromatic heterocycles. The second kappa shape index (κ2) is 6.77. The zero-order chi connectivity index (χ0) is 6.69. The molecule has 0 aliphatic heterocycles. The number of para-hydroxylation sites is 1. The summed E-state index contributed by atoms with van der Waals surface area (Å²) in [5.74, 6) is 0. The second-order valence-electron chi connectivity index (χ2n) is 2.03. The zero-order valence-corrected chi connectivity index (χ0v) is 9.53. The van der Waals surface area contributed by atoms with Crippen molar-refractivity contribution in [2.45, 2.75) is 0 Å². The molecule has 0 heterocycles. The van der Waals surface area contributed by atoms with Gasteiger partial charge in [-0.1, -0.05) is 18.2 Å². The summed E-state index contributed by atoms with van der Waals surface area (Å²) in [6.45, 7) is 0. The van der Waals surface area contributed by atoms with Crippen LogP contribution < -0.4 is 4.90 Å². The maximum Gasteiger partial charge on any atom is 0.00664 e. The molecular formula is C8H12N2Y-2. The summed E-state index contributed by atoms with van der Waals surface area (Å²) >= 11 is 0. The fourth-order valence-corrected chi connectivity index (χ4v) is 0.682. The van der Waals surface area contributed by atoms with Crippen molar-refractivity contribution in [3.63, 3.8) is 0 Å². The van der Waals surface area contributed by atoms with Gasteiger partial charge in [0.25, 0.3) is 0 Å². The van der Waals surface area contributed by atoms with Crippen molar-refractivity contribution in [1.29, 1.82) is 0 Å².